The molecule has 1 saturated heterocycles. The molecule has 2 aromatic carbocycles. The lowest BCUT2D eigenvalue weighted by atomic mass is 9.96. The number of piperidine rings is 1. The highest BCUT2D eigenvalue weighted by molar-refractivity contribution is 5.83. The minimum atomic E-state index is -0.124. The Bertz CT molecular complexity index is 1050. The van der Waals surface area contributed by atoms with Crippen molar-refractivity contribution in [2.45, 2.75) is 33.2 Å². The van der Waals surface area contributed by atoms with Crippen LogP contribution < -0.4 is 4.90 Å². The lowest BCUT2D eigenvalue weighted by Gasteiger charge is -2.35. The van der Waals surface area contributed by atoms with Gasteiger partial charge in [0, 0.05) is 31.6 Å². The first kappa shape index (κ1) is 21.2. The van der Waals surface area contributed by atoms with Crippen molar-refractivity contribution in [2.24, 2.45) is 5.92 Å². The summed E-state index contributed by atoms with van der Waals surface area (Å²) in [5.41, 5.74) is 4.14. The fourth-order valence-corrected chi connectivity index (χ4v) is 4.33. The zero-order valence-electron chi connectivity index (χ0n) is 18.3. The molecule has 1 fully saturated rings. The van der Waals surface area contributed by atoms with E-state index in [0.29, 0.717) is 25.6 Å². The maximum absolute atomic E-state index is 13.3. The molecule has 1 aliphatic rings. The summed E-state index contributed by atoms with van der Waals surface area (Å²) in [5.74, 6) is 0.668. The van der Waals surface area contributed by atoms with Crippen LogP contribution in [0.15, 0.2) is 48.5 Å². The molecular weight excluding hydrogens is 388 g/mol. The Balaban J connectivity index is 1.53. The van der Waals surface area contributed by atoms with Gasteiger partial charge in [0.1, 0.15) is 0 Å². The molecule has 1 amide bonds. The van der Waals surface area contributed by atoms with Crippen LogP contribution in [0.2, 0.25) is 0 Å². The van der Waals surface area contributed by atoms with Crippen LogP contribution in [0.25, 0.3) is 10.9 Å². The van der Waals surface area contributed by atoms with Gasteiger partial charge < -0.3 is 14.9 Å². The molecule has 0 bridgehead atoms. The summed E-state index contributed by atoms with van der Waals surface area (Å²) in [7, 11) is 0. The number of aliphatic hydroxyl groups excluding tert-OH is 1. The van der Waals surface area contributed by atoms with E-state index >= 15 is 0 Å². The molecule has 6 nitrogen and oxygen atoms in total. The van der Waals surface area contributed by atoms with Crippen molar-refractivity contribution in [3.05, 3.63) is 65.4 Å². The van der Waals surface area contributed by atoms with Crippen LogP contribution in [0.5, 0.6) is 0 Å². The summed E-state index contributed by atoms with van der Waals surface area (Å²) in [4.78, 5) is 26.8. The molecule has 1 N–H and O–H groups in total. The molecule has 0 radical (unpaired) electrons. The molecular formula is C25H30N4O2. The molecule has 1 aliphatic heterocycles. The van der Waals surface area contributed by atoms with Crippen LogP contribution in [0.1, 0.15) is 29.7 Å². The van der Waals surface area contributed by atoms with Crippen LogP contribution in [0.4, 0.5) is 5.95 Å². The second-order valence-electron chi connectivity index (χ2n) is 8.38. The highest BCUT2D eigenvalue weighted by Crippen LogP contribution is 2.26. The predicted molar refractivity (Wildman–Crippen MR) is 123 cm³/mol. The summed E-state index contributed by atoms with van der Waals surface area (Å²) >= 11 is 0. The van der Waals surface area contributed by atoms with E-state index in [0.717, 1.165) is 41.5 Å². The number of carbonyl (C=O) groups is 1. The minimum absolute atomic E-state index is 0.0403. The third kappa shape index (κ3) is 4.85. The average molecular weight is 419 g/mol. The first-order valence-electron chi connectivity index (χ1n) is 11.0. The molecule has 0 saturated carbocycles. The second-order valence-corrected chi connectivity index (χ2v) is 8.38. The Morgan fingerprint density at radius 2 is 1.97 bits per heavy atom. The molecule has 0 aliphatic carbocycles. The number of hydrogen-bond donors (Lipinski definition) is 1. The van der Waals surface area contributed by atoms with E-state index in [4.69, 9.17) is 9.97 Å². The van der Waals surface area contributed by atoms with Gasteiger partial charge in [0.15, 0.2) is 0 Å². The number of fused-ring (bicyclic) bond motifs is 1. The number of nitrogens with zero attached hydrogens (tertiary/aromatic N) is 4. The van der Waals surface area contributed by atoms with E-state index in [1.807, 2.05) is 37.3 Å². The molecule has 31 heavy (non-hydrogen) atoms. The number of aryl methyl sites for hydroxylation is 2. The summed E-state index contributed by atoms with van der Waals surface area (Å²) in [6.07, 6.45) is 1.76. The second kappa shape index (κ2) is 9.43. The SMILES string of the molecule is Cc1ccc2c(C)nc(N3CCC[C@H](C(=O)N(CCO)Cc4ccccc4)C3)nc2c1. The van der Waals surface area contributed by atoms with E-state index < -0.39 is 0 Å². The number of aliphatic hydroxyl groups is 1. The van der Waals surface area contributed by atoms with Gasteiger partial charge in [0.25, 0.3) is 0 Å². The molecule has 6 heteroatoms. The van der Waals surface area contributed by atoms with Crippen molar-refractivity contribution in [3.63, 3.8) is 0 Å². The highest BCUT2D eigenvalue weighted by Gasteiger charge is 2.30. The van der Waals surface area contributed by atoms with Gasteiger partial charge in [-0.3, -0.25) is 4.79 Å². The van der Waals surface area contributed by atoms with E-state index in [2.05, 4.69) is 30.0 Å². The molecule has 2 heterocycles. The molecule has 1 atom stereocenters. The Labute approximate surface area is 183 Å². The van der Waals surface area contributed by atoms with E-state index in [-0.39, 0.29) is 18.4 Å². The van der Waals surface area contributed by atoms with Gasteiger partial charge in [0.2, 0.25) is 11.9 Å². The zero-order valence-corrected chi connectivity index (χ0v) is 18.3. The first-order valence-corrected chi connectivity index (χ1v) is 11.0. The van der Waals surface area contributed by atoms with Gasteiger partial charge in [-0.1, -0.05) is 42.5 Å². The maximum Gasteiger partial charge on any atom is 0.227 e. The molecule has 3 aromatic rings. The summed E-state index contributed by atoms with van der Waals surface area (Å²) in [6.45, 7) is 6.34. The normalized spacial score (nSPS) is 16.5. The van der Waals surface area contributed by atoms with Crippen molar-refractivity contribution in [2.75, 3.05) is 31.1 Å². The lowest BCUT2D eigenvalue weighted by molar-refractivity contribution is -0.137. The highest BCUT2D eigenvalue weighted by atomic mass is 16.3. The Hall–Kier alpha value is -2.99. The van der Waals surface area contributed by atoms with Crippen molar-refractivity contribution < 1.29 is 9.90 Å². The van der Waals surface area contributed by atoms with Crippen LogP contribution in [-0.2, 0) is 11.3 Å². The van der Waals surface area contributed by atoms with E-state index in [1.54, 1.807) is 4.90 Å². The van der Waals surface area contributed by atoms with Crippen LogP contribution in [-0.4, -0.2) is 52.1 Å². The molecule has 4 rings (SSSR count). The van der Waals surface area contributed by atoms with Crippen LogP contribution in [0, 0.1) is 19.8 Å². The standard InChI is InChI=1S/C25H30N4O2/c1-18-10-11-22-19(2)26-25(27-23(22)15-18)29-12-6-9-21(17-29)24(31)28(13-14-30)16-20-7-4-3-5-8-20/h3-5,7-8,10-11,15,21,30H,6,9,12-14,16-17H2,1-2H3/t21-/m0/s1. The molecule has 0 unspecified atom stereocenters. The summed E-state index contributed by atoms with van der Waals surface area (Å²) < 4.78 is 0. The number of amides is 1. The average Bonchev–Trinajstić information content (AvgIpc) is 2.78. The Morgan fingerprint density at radius 3 is 2.74 bits per heavy atom. The van der Waals surface area contributed by atoms with E-state index in [1.165, 1.54) is 5.56 Å². The number of benzene rings is 2. The van der Waals surface area contributed by atoms with Gasteiger partial charge in [-0.05, 0) is 43.9 Å². The number of anilines is 1. The van der Waals surface area contributed by atoms with Gasteiger partial charge in [-0.25, -0.2) is 9.97 Å². The maximum atomic E-state index is 13.3. The summed E-state index contributed by atoms with van der Waals surface area (Å²) in [6, 6.07) is 16.2. The van der Waals surface area contributed by atoms with Crippen molar-refractivity contribution in [3.8, 4) is 0 Å². The van der Waals surface area contributed by atoms with Gasteiger partial charge in [0.05, 0.1) is 23.7 Å². The first-order chi connectivity index (χ1) is 15.0. The van der Waals surface area contributed by atoms with Crippen molar-refractivity contribution >= 4 is 22.8 Å². The zero-order chi connectivity index (χ0) is 21.8. The minimum Gasteiger partial charge on any atom is -0.395 e. The molecule has 1 aromatic heterocycles. The topological polar surface area (TPSA) is 69.6 Å². The Morgan fingerprint density at radius 1 is 1.16 bits per heavy atom. The fraction of sp³-hybridized carbons (Fsp3) is 0.400. The van der Waals surface area contributed by atoms with Crippen LogP contribution in [0.3, 0.4) is 0 Å². The molecule has 0 spiro atoms. The number of rotatable bonds is 6. The monoisotopic (exact) mass is 418 g/mol. The summed E-state index contributed by atoms with van der Waals surface area (Å²) in [5, 5.41) is 10.6. The van der Waals surface area contributed by atoms with Crippen molar-refractivity contribution in [1.82, 2.24) is 14.9 Å². The van der Waals surface area contributed by atoms with E-state index in [9.17, 15) is 9.90 Å². The number of carbonyl (C=O) groups excluding carboxylic acids is 1. The van der Waals surface area contributed by atoms with Gasteiger partial charge in [-0.2, -0.15) is 0 Å². The Kier molecular flexibility index (Phi) is 6.47. The molecule has 162 valence electrons. The lowest BCUT2D eigenvalue weighted by Crippen LogP contribution is -2.46. The van der Waals surface area contributed by atoms with Crippen LogP contribution >= 0.6 is 0 Å². The smallest absolute Gasteiger partial charge is 0.227 e. The predicted octanol–water partition coefficient (Wildman–Crippen LogP) is 3.48. The van der Waals surface area contributed by atoms with Gasteiger partial charge in [-0.15, -0.1) is 0 Å². The fourth-order valence-electron chi connectivity index (χ4n) is 4.33. The third-order valence-electron chi connectivity index (χ3n) is 5.98. The number of aromatic nitrogens is 2. The largest absolute Gasteiger partial charge is 0.395 e. The van der Waals surface area contributed by atoms with Crippen molar-refractivity contribution in [1.29, 1.82) is 0 Å². The number of hydrogen-bond acceptors (Lipinski definition) is 5. The van der Waals surface area contributed by atoms with Gasteiger partial charge >= 0.3 is 0 Å². The quantitative estimate of drug-likeness (QED) is 0.664. The third-order valence-corrected chi connectivity index (χ3v) is 5.98.